The summed E-state index contributed by atoms with van der Waals surface area (Å²) in [5.74, 6) is 0.0129. The molecule has 0 unspecified atom stereocenters. The number of hydrogen-bond acceptors (Lipinski definition) is 4. The Morgan fingerprint density at radius 3 is 2.68 bits per heavy atom. The number of carbonyl (C=O) groups excluding carboxylic acids is 1. The van der Waals surface area contributed by atoms with E-state index >= 15 is 0 Å². The highest BCUT2D eigenvalue weighted by molar-refractivity contribution is 5.98. The molecule has 0 amide bonds. The van der Waals surface area contributed by atoms with Crippen LogP contribution in [-0.2, 0) is 9.53 Å². The lowest BCUT2D eigenvalue weighted by Crippen LogP contribution is -2.12. The number of para-hydroxylation sites is 1. The quantitative estimate of drug-likeness (QED) is 0.463. The average Bonchev–Trinajstić information content (AvgIpc) is 2.37. The minimum absolute atomic E-state index is 0.0409. The first-order chi connectivity index (χ1) is 9.08. The summed E-state index contributed by atoms with van der Waals surface area (Å²) >= 11 is 0. The Bertz CT molecular complexity index is 512. The van der Waals surface area contributed by atoms with Gasteiger partial charge in [-0.3, -0.25) is 0 Å². The fourth-order valence-corrected chi connectivity index (χ4v) is 1.46. The molecule has 4 nitrogen and oxygen atoms in total. The van der Waals surface area contributed by atoms with Crippen LogP contribution < -0.4 is 4.74 Å². The summed E-state index contributed by atoms with van der Waals surface area (Å²) < 4.78 is 10.4. The molecule has 100 valence electrons. The first-order valence-corrected chi connectivity index (χ1v) is 6.13. The van der Waals surface area contributed by atoms with E-state index in [1.54, 1.807) is 26.0 Å². The van der Waals surface area contributed by atoms with Crippen LogP contribution in [0.5, 0.6) is 5.75 Å². The van der Waals surface area contributed by atoms with Gasteiger partial charge in [-0.1, -0.05) is 18.2 Å². The third kappa shape index (κ3) is 4.47. The molecule has 1 rings (SSSR count). The Labute approximate surface area is 113 Å². The fraction of sp³-hybridized carbons (Fsp3) is 0.333. The third-order valence-corrected chi connectivity index (χ3v) is 2.20. The van der Waals surface area contributed by atoms with Crippen LogP contribution in [0.3, 0.4) is 0 Å². The molecule has 0 saturated heterocycles. The van der Waals surface area contributed by atoms with Crippen molar-refractivity contribution in [2.75, 3.05) is 6.61 Å². The van der Waals surface area contributed by atoms with Gasteiger partial charge in [-0.15, -0.1) is 0 Å². The van der Waals surface area contributed by atoms with Gasteiger partial charge in [0.1, 0.15) is 17.4 Å². The number of carbonyl (C=O) groups is 1. The van der Waals surface area contributed by atoms with Crippen LogP contribution in [0.4, 0.5) is 0 Å². The van der Waals surface area contributed by atoms with Crippen LogP contribution in [0.25, 0.3) is 6.08 Å². The molecule has 19 heavy (non-hydrogen) atoms. The first kappa shape index (κ1) is 14.8. The number of rotatable bonds is 5. The van der Waals surface area contributed by atoms with E-state index in [4.69, 9.17) is 14.7 Å². The van der Waals surface area contributed by atoms with E-state index in [1.807, 2.05) is 25.1 Å². The predicted octanol–water partition coefficient (Wildman–Crippen LogP) is 2.94. The van der Waals surface area contributed by atoms with Crippen LogP contribution in [0.15, 0.2) is 29.8 Å². The minimum atomic E-state index is -0.621. The zero-order valence-corrected chi connectivity index (χ0v) is 11.3. The summed E-state index contributed by atoms with van der Waals surface area (Å²) in [6.07, 6.45) is 1.22. The molecule has 0 saturated carbocycles. The molecule has 0 aliphatic heterocycles. The van der Waals surface area contributed by atoms with Gasteiger partial charge in [0.2, 0.25) is 0 Å². The summed E-state index contributed by atoms with van der Waals surface area (Å²) in [5.41, 5.74) is 0.641. The number of esters is 1. The molecule has 0 aliphatic carbocycles. The van der Waals surface area contributed by atoms with E-state index in [2.05, 4.69) is 0 Å². The lowest BCUT2D eigenvalue weighted by molar-refractivity contribution is -0.142. The van der Waals surface area contributed by atoms with Gasteiger partial charge in [0.05, 0.1) is 12.7 Å². The number of nitrogens with zero attached hydrogens (tertiary/aromatic N) is 1. The van der Waals surface area contributed by atoms with E-state index in [1.165, 1.54) is 6.08 Å². The van der Waals surface area contributed by atoms with Crippen molar-refractivity contribution in [2.45, 2.75) is 26.9 Å². The van der Waals surface area contributed by atoms with E-state index in [0.717, 1.165) is 0 Å². The van der Waals surface area contributed by atoms with Crippen molar-refractivity contribution in [3.05, 3.63) is 35.4 Å². The Morgan fingerprint density at radius 1 is 1.42 bits per heavy atom. The summed E-state index contributed by atoms with van der Waals surface area (Å²) in [4.78, 5) is 11.7. The number of hydrogen-bond donors (Lipinski definition) is 0. The summed E-state index contributed by atoms with van der Waals surface area (Å²) in [5, 5.41) is 9.03. The molecule has 0 atom stereocenters. The van der Waals surface area contributed by atoms with Gasteiger partial charge >= 0.3 is 5.97 Å². The molecular weight excluding hydrogens is 242 g/mol. The summed E-state index contributed by atoms with van der Waals surface area (Å²) in [6.45, 7) is 5.87. The van der Waals surface area contributed by atoms with E-state index in [9.17, 15) is 4.79 Å². The van der Waals surface area contributed by atoms with Crippen molar-refractivity contribution in [3.63, 3.8) is 0 Å². The Balaban J connectivity index is 3.05. The second-order valence-corrected chi connectivity index (χ2v) is 4.09. The van der Waals surface area contributed by atoms with Gasteiger partial charge in [0.15, 0.2) is 0 Å². The topological polar surface area (TPSA) is 59.3 Å². The zero-order chi connectivity index (χ0) is 14.3. The van der Waals surface area contributed by atoms with Crippen molar-refractivity contribution < 1.29 is 14.3 Å². The zero-order valence-electron chi connectivity index (χ0n) is 11.3. The Morgan fingerprint density at radius 2 is 2.11 bits per heavy atom. The SMILES string of the molecule is CCOc1ccccc1C=C(C#N)C(=O)OC(C)C. The molecule has 0 N–H and O–H groups in total. The largest absolute Gasteiger partial charge is 0.493 e. The molecule has 1 aromatic rings. The molecular formula is C15H17NO3. The average molecular weight is 259 g/mol. The summed E-state index contributed by atoms with van der Waals surface area (Å²) in [6, 6.07) is 9.08. The van der Waals surface area contributed by atoms with Crippen molar-refractivity contribution in [3.8, 4) is 11.8 Å². The lowest BCUT2D eigenvalue weighted by atomic mass is 10.1. The van der Waals surface area contributed by atoms with Gasteiger partial charge in [0, 0.05) is 5.56 Å². The van der Waals surface area contributed by atoms with Crippen LogP contribution in [0.1, 0.15) is 26.3 Å². The molecule has 0 fully saturated rings. The van der Waals surface area contributed by atoms with Crippen LogP contribution in [0, 0.1) is 11.3 Å². The minimum Gasteiger partial charge on any atom is -0.493 e. The van der Waals surface area contributed by atoms with Crippen molar-refractivity contribution in [1.29, 1.82) is 5.26 Å². The van der Waals surface area contributed by atoms with Crippen LogP contribution >= 0.6 is 0 Å². The molecule has 0 aromatic heterocycles. The summed E-state index contributed by atoms with van der Waals surface area (Å²) in [7, 11) is 0. The molecule has 0 aliphatic rings. The first-order valence-electron chi connectivity index (χ1n) is 6.13. The predicted molar refractivity (Wildman–Crippen MR) is 72.4 cm³/mol. The van der Waals surface area contributed by atoms with Gasteiger partial charge < -0.3 is 9.47 Å². The smallest absolute Gasteiger partial charge is 0.349 e. The van der Waals surface area contributed by atoms with Gasteiger partial charge in [0.25, 0.3) is 0 Å². The maximum Gasteiger partial charge on any atom is 0.349 e. The standard InChI is InChI=1S/C15H17NO3/c1-4-18-14-8-6-5-7-12(14)9-13(10-16)15(17)19-11(2)3/h5-9,11H,4H2,1-3H3. The second kappa shape index (κ2) is 7.22. The van der Waals surface area contributed by atoms with Crippen LogP contribution in [0.2, 0.25) is 0 Å². The third-order valence-electron chi connectivity index (χ3n) is 2.20. The maximum absolute atomic E-state index is 11.7. The van der Waals surface area contributed by atoms with Crippen molar-refractivity contribution in [2.24, 2.45) is 0 Å². The molecule has 0 bridgehead atoms. The highest BCUT2D eigenvalue weighted by atomic mass is 16.5. The molecule has 4 heteroatoms. The Hall–Kier alpha value is -2.28. The number of ether oxygens (including phenoxy) is 2. The molecule has 1 aromatic carbocycles. The lowest BCUT2D eigenvalue weighted by Gasteiger charge is -2.08. The highest BCUT2D eigenvalue weighted by Gasteiger charge is 2.13. The number of benzene rings is 1. The Kier molecular flexibility index (Phi) is 5.62. The fourth-order valence-electron chi connectivity index (χ4n) is 1.46. The normalized spacial score (nSPS) is 11.0. The van der Waals surface area contributed by atoms with Crippen molar-refractivity contribution >= 4 is 12.0 Å². The molecule has 0 radical (unpaired) electrons. The monoisotopic (exact) mass is 259 g/mol. The van der Waals surface area contributed by atoms with E-state index in [-0.39, 0.29) is 11.7 Å². The molecule has 0 spiro atoms. The molecule has 0 heterocycles. The van der Waals surface area contributed by atoms with Gasteiger partial charge in [-0.2, -0.15) is 5.26 Å². The number of nitriles is 1. The van der Waals surface area contributed by atoms with E-state index < -0.39 is 5.97 Å². The van der Waals surface area contributed by atoms with E-state index in [0.29, 0.717) is 17.9 Å². The van der Waals surface area contributed by atoms with Gasteiger partial charge in [-0.05, 0) is 32.9 Å². The van der Waals surface area contributed by atoms with Crippen molar-refractivity contribution in [1.82, 2.24) is 0 Å². The highest BCUT2D eigenvalue weighted by Crippen LogP contribution is 2.21. The van der Waals surface area contributed by atoms with Gasteiger partial charge in [-0.25, -0.2) is 4.79 Å². The maximum atomic E-state index is 11.7. The second-order valence-electron chi connectivity index (χ2n) is 4.09. The van der Waals surface area contributed by atoms with Crippen LogP contribution in [-0.4, -0.2) is 18.7 Å².